The maximum absolute atomic E-state index is 5.47. The number of aryl methyl sites for hydroxylation is 3. The van der Waals surface area contributed by atoms with E-state index in [2.05, 4.69) is 46.7 Å². The highest BCUT2D eigenvalue weighted by Gasteiger charge is 2.12. The number of aromatic nitrogens is 4. The van der Waals surface area contributed by atoms with Crippen molar-refractivity contribution in [1.29, 1.82) is 0 Å². The van der Waals surface area contributed by atoms with E-state index < -0.39 is 0 Å². The summed E-state index contributed by atoms with van der Waals surface area (Å²) in [5, 5.41) is 4.49. The second-order valence-electron chi connectivity index (χ2n) is 4.77. The monoisotopic (exact) mass is 272 g/mol. The number of aromatic amines is 1. The molecule has 0 fully saturated rings. The Kier molecular flexibility index (Phi) is 2.78. The number of fused-ring (bicyclic) bond motifs is 1. The molecule has 0 atom stereocenters. The summed E-state index contributed by atoms with van der Waals surface area (Å²) in [4.78, 5) is 3.25. The van der Waals surface area contributed by atoms with Gasteiger partial charge in [0, 0.05) is 13.2 Å². The van der Waals surface area contributed by atoms with Crippen LogP contribution in [-0.4, -0.2) is 19.3 Å². The maximum atomic E-state index is 5.47. The Morgan fingerprint density at radius 1 is 1.37 bits per heavy atom. The number of hydrogen-bond acceptors (Lipinski definition) is 2. The van der Waals surface area contributed by atoms with Crippen molar-refractivity contribution in [1.82, 2.24) is 19.3 Å². The van der Waals surface area contributed by atoms with Gasteiger partial charge >= 0.3 is 0 Å². The van der Waals surface area contributed by atoms with Gasteiger partial charge in [0.2, 0.25) is 0 Å². The fourth-order valence-electron chi connectivity index (χ4n) is 2.41. The van der Waals surface area contributed by atoms with Gasteiger partial charge in [-0.05, 0) is 43.3 Å². The van der Waals surface area contributed by atoms with Crippen LogP contribution in [0, 0.1) is 11.7 Å². The Hall–Kier alpha value is -1.88. The number of hydrogen-bond donors (Lipinski definition) is 1. The third kappa shape index (κ3) is 1.90. The van der Waals surface area contributed by atoms with Crippen molar-refractivity contribution in [2.75, 3.05) is 0 Å². The van der Waals surface area contributed by atoms with Crippen LogP contribution < -0.4 is 0 Å². The predicted molar refractivity (Wildman–Crippen MR) is 79.3 cm³/mol. The van der Waals surface area contributed by atoms with E-state index in [1.54, 1.807) is 0 Å². The Balaban J connectivity index is 2.38. The van der Waals surface area contributed by atoms with Gasteiger partial charge in [-0.1, -0.05) is 13.0 Å². The number of nitrogens with one attached hydrogen (secondary N) is 1. The van der Waals surface area contributed by atoms with E-state index in [1.807, 2.05) is 17.9 Å². The maximum Gasteiger partial charge on any atom is 0.182 e. The summed E-state index contributed by atoms with van der Waals surface area (Å²) in [6, 6.07) is 6.30. The van der Waals surface area contributed by atoms with Gasteiger partial charge in [-0.3, -0.25) is 9.25 Å². The number of imidazole rings is 1. The third-order valence-corrected chi connectivity index (χ3v) is 3.58. The van der Waals surface area contributed by atoms with E-state index in [9.17, 15) is 0 Å². The zero-order valence-corrected chi connectivity index (χ0v) is 12.1. The molecule has 1 aromatic carbocycles. The molecule has 3 rings (SSSR count). The predicted octanol–water partition coefficient (Wildman–Crippen LogP) is 3.29. The van der Waals surface area contributed by atoms with Gasteiger partial charge in [-0.15, -0.1) is 0 Å². The van der Waals surface area contributed by atoms with E-state index in [-0.39, 0.29) is 0 Å². The Bertz CT molecular complexity index is 807. The van der Waals surface area contributed by atoms with Crippen molar-refractivity contribution in [2.45, 2.75) is 20.3 Å². The van der Waals surface area contributed by atoms with Crippen molar-refractivity contribution < 1.29 is 0 Å². The van der Waals surface area contributed by atoms with Crippen molar-refractivity contribution >= 4 is 23.3 Å². The topological polar surface area (TPSA) is 38.5 Å². The van der Waals surface area contributed by atoms with E-state index in [4.69, 9.17) is 12.2 Å². The second kappa shape index (κ2) is 4.35. The Morgan fingerprint density at radius 3 is 2.89 bits per heavy atom. The van der Waals surface area contributed by atoms with E-state index in [0.29, 0.717) is 4.77 Å². The molecular weight excluding hydrogens is 256 g/mol. The molecule has 0 unspecified atom stereocenters. The number of nitrogens with zero attached hydrogens (tertiary/aromatic N) is 3. The lowest BCUT2D eigenvalue weighted by Gasteiger charge is -2.03. The lowest BCUT2D eigenvalue weighted by Crippen LogP contribution is -1.96. The zero-order chi connectivity index (χ0) is 13.6. The first-order valence-corrected chi connectivity index (χ1v) is 6.75. The summed E-state index contributed by atoms with van der Waals surface area (Å²) in [5.41, 5.74) is 5.50. The Labute approximate surface area is 116 Å². The van der Waals surface area contributed by atoms with Crippen LogP contribution >= 0.6 is 12.2 Å². The SMILES string of the molecule is CCc1nn(C)cc1-n1c(=S)[nH]c2ccc(C)cc21. The highest BCUT2D eigenvalue weighted by molar-refractivity contribution is 7.71. The lowest BCUT2D eigenvalue weighted by atomic mass is 10.2. The van der Waals surface area contributed by atoms with Crippen LogP contribution in [0.1, 0.15) is 18.2 Å². The molecule has 0 aliphatic rings. The average molecular weight is 272 g/mol. The molecule has 3 aromatic rings. The van der Waals surface area contributed by atoms with Gasteiger partial charge in [0.15, 0.2) is 4.77 Å². The number of rotatable bonds is 2. The smallest absolute Gasteiger partial charge is 0.182 e. The van der Waals surface area contributed by atoms with Crippen LogP contribution in [0.3, 0.4) is 0 Å². The van der Waals surface area contributed by atoms with Crippen molar-refractivity contribution in [3.8, 4) is 5.69 Å². The molecule has 98 valence electrons. The van der Waals surface area contributed by atoms with E-state index in [1.165, 1.54) is 5.56 Å². The normalized spacial score (nSPS) is 11.3. The van der Waals surface area contributed by atoms with Crippen LogP contribution in [0.5, 0.6) is 0 Å². The third-order valence-electron chi connectivity index (χ3n) is 3.30. The van der Waals surface area contributed by atoms with Crippen molar-refractivity contribution in [3.63, 3.8) is 0 Å². The molecule has 0 aliphatic carbocycles. The summed E-state index contributed by atoms with van der Waals surface area (Å²) >= 11 is 5.47. The first kappa shape index (κ1) is 12.2. The minimum absolute atomic E-state index is 0.711. The van der Waals surface area contributed by atoms with E-state index in [0.717, 1.165) is 28.8 Å². The summed E-state index contributed by atoms with van der Waals surface area (Å²) in [6.07, 6.45) is 2.90. The summed E-state index contributed by atoms with van der Waals surface area (Å²) < 4.78 is 4.62. The largest absolute Gasteiger partial charge is 0.330 e. The summed E-state index contributed by atoms with van der Waals surface area (Å²) in [7, 11) is 1.94. The standard InChI is InChI=1S/C14H16N4S/c1-4-10-13(8-17(3)16-10)18-12-7-9(2)5-6-11(12)15-14(18)19/h5-8H,4H2,1-3H3,(H,15,19). The molecule has 0 bridgehead atoms. The fraction of sp³-hybridized carbons (Fsp3) is 0.286. The van der Waals surface area contributed by atoms with Crippen LogP contribution in [0.2, 0.25) is 0 Å². The summed E-state index contributed by atoms with van der Waals surface area (Å²) in [5.74, 6) is 0. The van der Waals surface area contributed by atoms with Crippen LogP contribution in [0.4, 0.5) is 0 Å². The molecule has 4 nitrogen and oxygen atoms in total. The molecule has 0 aliphatic heterocycles. The lowest BCUT2D eigenvalue weighted by molar-refractivity contribution is 0.746. The van der Waals surface area contributed by atoms with E-state index >= 15 is 0 Å². The quantitative estimate of drug-likeness (QED) is 0.727. The molecule has 0 spiro atoms. The first-order chi connectivity index (χ1) is 9.10. The molecule has 0 saturated heterocycles. The highest BCUT2D eigenvalue weighted by atomic mass is 32.1. The van der Waals surface area contributed by atoms with Crippen molar-refractivity contribution in [3.05, 3.63) is 40.4 Å². The van der Waals surface area contributed by atoms with Crippen molar-refractivity contribution in [2.24, 2.45) is 7.05 Å². The molecule has 0 radical (unpaired) electrons. The number of benzene rings is 1. The van der Waals surface area contributed by atoms with Gasteiger partial charge in [-0.25, -0.2) is 0 Å². The molecule has 0 saturated carbocycles. The summed E-state index contributed by atoms with van der Waals surface area (Å²) in [6.45, 7) is 4.19. The molecule has 19 heavy (non-hydrogen) atoms. The van der Waals surface area contributed by atoms with Crippen LogP contribution in [0.15, 0.2) is 24.4 Å². The van der Waals surface area contributed by atoms with Gasteiger partial charge < -0.3 is 4.98 Å². The van der Waals surface area contributed by atoms with Gasteiger partial charge in [-0.2, -0.15) is 5.10 Å². The average Bonchev–Trinajstić information content (AvgIpc) is 2.88. The molecule has 5 heteroatoms. The minimum atomic E-state index is 0.711. The highest BCUT2D eigenvalue weighted by Crippen LogP contribution is 2.22. The molecule has 1 N–H and O–H groups in total. The van der Waals surface area contributed by atoms with Gasteiger partial charge in [0.05, 0.1) is 22.4 Å². The van der Waals surface area contributed by atoms with Gasteiger partial charge in [0.1, 0.15) is 0 Å². The van der Waals surface area contributed by atoms with Crippen LogP contribution in [0.25, 0.3) is 16.7 Å². The van der Waals surface area contributed by atoms with Crippen LogP contribution in [-0.2, 0) is 13.5 Å². The first-order valence-electron chi connectivity index (χ1n) is 6.34. The fourth-order valence-corrected chi connectivity index (χ4v) is 2.72. The molecular formula is C14H16N4S. The molecule has 0 amide bonds. The molecule has 2 heterocycles. The second-order valence-corrected chi connectivity index (χ2v) is 5.16. The number of H-pyrrole nitrogens is 1. The molecule has 2 aromatic heterocycles. The minimum Gasteiger partial charge on any atom is -0.330 e. The Morgan fingerprint density at radius 2 is 2.16 bits per heavy atom. The zero-order valence-electron chi connectivity index (χ0n) is 11.3. The van der Waals surface area contributed by atoms with Gasteiger partial charge in [0.25, 0.3) is 0 Å².